The van der Waals surface area contributed by atoms with Gasteiger partial charge in [-0.1, -0.05) is 20.4 Å². The molecule has 1 heteroatoms. The lowest BCUT2D eigenvalue weighted by Gasteiger charge is -2.13. The first-order valence-corrected chi connectivity index (χ1v) is 4.12. The zero-order valence-corrected chi connectivity index (χ0v) is 6.89. The van der Waals surface area contributed by atoms with Crippen molar-refractivity contribution in [3.63, 3.8) is 0 Å². The summed E-state index contributed by atoms with van der Waals surface area (Å²) in [6.45, 7) is 8.22. The summed E-state index contributed by atoms with van der Waals surface area (Å²) in [7, 11) is 0. The predicted octanol–water partition coefficient (Wildman–Crippen LogP) is 2.73. The van der Waals surface area contributed by atoms with E-state index in [4.69, 9.17) is 4.74 Å². The zero-order chi connectivity index (χ0) is 7.56. The monoisotopic (exact) mass is 140 g/mol. The first-order chi connectivity index (χ1) is 4.77. The van der Waals surface area contributed by atoms with Crippen molar-refractivity contribution in [3.05, 3.63) is 12.3 Å². The fourth-order valence-corrected chi connectivity index (χ4v) is 1.61. The van der Waals surface area contributed by atoms with E-state index in [1.807, 2.05) is 0 Å². The number of rotatable bonds is 2. The molecule has 0 aromatic heterocycles. The maximum Gasteiger partial charge on any atom is 0.101 e. The van der Waals surface area contributed by atoms with Crippen LogP contribution in [0.5, 0.6) is 0 Å². The van der Waals surface area contributed by atoms with Gasteiger partial charge in [0.15, 0.2) is 0 Å². The van der Waals surface area contributed by atoms with E-state index >= 15 is 0 Å². The van der Waals surface area contributed by atoms with Crippen LogP contribution >= 0.6 is 0 Å². The van der Waals surface area contributed by atoms with Crippen molar-refractivity contribution in [2.45, 2.75) is 39.2 Å². The quantitative estimate of drug-likeness (QED) is 0.573. The van der Waals surface area contributed by atoms with Crippen LogP contribution in [-0.4, -0.2) is 6.10 Å². The number of ether oxygens (including phenoxy) is 1. The van der Waals surface area contributed by atoms with Gasteiger partial charge in [0.25, 0.3) is 0 Å². The lowest BCUT2D eigenvalue weighted by atomic mass is 9.96. The molecule has 58 valence electrons. The maximum atomic E-state index is 5.52. The first kappa shape index (κ1) is 7.64. The van der Waals surface area contributed by atoms with E-state index in [0.29, 0.717) is 6.10 Å². The molecular weight excluding hydrogens is 124 g/mol. The Morgan fingerprint density at radius 2 is 2.20 bits per heavy atom. The summed E-state index contributed by atoms with van der Waals surface area (Å²) in [5.74, 6) is 1.72. The van der Waals surface area contributed by atoms with Crippen LogP contribution in [0.15, 0.2) is 12.3 Å². The fraction of sp³-hybridized carbons (Fsp3) is 0.778. The smallest absolute Gasteiger partial charge is 0.101 e. The Hall–Kier alpha value is -0.460. The molecule has 2 unspecified atom stereocenters. The molecule has 1 aliphatic rings. The SMILES string of the molecule is C=C1CC(CC)C(CC)O1. The molecule has 0 amide bonds. The van der Waals surface area contributed by atoms with Crippen molar-refractivity contribution in [1.82, 2.24) is 0 Å². The van der Waals surface area contributed by atoms with Crippen LogP contribution in [-0.2, 0) is 4.74 Å². The molecule has 0 aliphatic carbocycles. The third-order valence-electron chi connectivity index (χ3n) is 2.26. The maximum absolute atomic E-state index is 5.52. The lowest BCUT2D eigenvalue weighted by molar-refractivity contribution is 0.126. The lowest BCUT2D eigenvalue weighted by Crippen LogP contribution is -2.12. The van der Waals surface area contributed by atoms with E-state index in [2.05, 4.69) is 20.4 Å². The summed E-state index contributed by atoms with van der Waals surface area (Å²) in [4.78, 5) is 0. The van der Waals surface area contributed by atoms with Crippen LogP contribution in [0.2, 0.25) is 0 Å². The van der Waals surface area contributed by atoms with Crippen LogP contribution < -0.4 is 0 Å². The standard InChI is InChI=1S/C9H16O/c1-4-8-6-7(3)10-9(8)5-2/h8-9H,3-6H2,1-2H3. The van der Waals surface area contributed by atoms with Gasteiger partial charge in [0.05, 0.1) is 5.76 Å². The Bertz CT molecular complexity index is 115. The minimum Gasteiger partial charge on any atom is -0.495 e. The summed E-state index contributed by atoms with van der Waals surface area (Å²) in [6.07, 6.45) is 3.88. The highest BCUT2D eigenvalue weighted by molar-refractivity contribution is 4.95. The minimum absolute atomic E-state index is 0.456. The van der Waals surface area contributed by atoms with Crippen LogP contribution in [0, 0.1) is 5.92 Å². The second-order valence-electron chi connectivity index (χ2n) is 2.98. The van der Waals surface area contributed by atoms with E-state index in [0.717, 1.165) is 24.5 Å². The van der Waals surface area contributed by atoms with E-state index in [-0.39, 0.29) is 0 Å². The van der Waals surface area contributed by atoms with Crippen molar-refractivity contribution in [3.8, 4) is 0 Å². The Labute approximate surface area is 63.1 Å². The Kier molecular flexibility index (Phi) is 2.36. The van der Waals surface area contributed by atoms with Crippen molar-refractivity contribution in [2.75, 3.05) is 0 Å². The molecule has 0 bridgehead atoms. The second-order valence-corrected chi connectivity index (χ2v) is 2.98. The highest BCUT2D eigenvalue weighted by Gasteiger charge is 2.27. The van der Waals surface area contributed by atoms with Crippen LogP contribution in [0.25, 0.3) is 0 Å². The first-order valence-electron chi connectivity index (χ1n) is 4.12. The third-order valence-corrected chi connectivity index (χ3v) is 2.26. The summed E-state index contributed by atoms with van der Waals surface area (Å²) >= 11 is 0. The summed E-state index contributed by atoms with van der Waals surface area (Å²) in [5, 5.41) is 0. The van der Waals surface area contributed by atoms with Gasteiger partial charge in [0.1, 0.15) is 6.10 Å². The van der Waals surface area contributed by atoms with Crippen molar-refractivity contribution >= 4 is 0 Å². The van der Waals surface area contributed by atoms with E-state index < -0.39 is 0 Å². The Balaban J connectivity index is 2.48. The molecule has 1 nitrogen and oxygen atoms in total. The molecule has 1 rings (SSSR count). The molecule has 2 atom stereocenters. The van der Waals surface area contributed by atoms with Gasteiger partial charge in [-0.25, -0.2) is 0 Å². The van der Waals surface area contributed by atoms with Crippen molar-refractivity contribution in [2.24, 2.45) is 5.92 Å². The highest BCUT2D eigenvalue weighted by Crippen LogP contribution is 2.31. The second kappa shape index (κ2) is 3.09. The van der Waals surface area contributed by atoms with Gasteiger partial charge in [-0.2, -0.15) is 0 Å². The van der Waals surface area contributed by atoms with Crippen molar-refractivity contribution < 1.29 is 4.74 Å². The van der Waals surface area contributed by atoms with Gasteiger partial charge >= 0.3 is 0 Å². The average molecular weight is 140 g/mol. The molecule has 10 heavy (non-hydrogen) atoms. The normalized spacial score (nSPS) is 32.4. The molecule has 0 spiro atoms. The van der Waals surface area contributed by atoms with Gasteiger partial charge in [-0.05, 0) is 12.8 Å². The molecule has 0 N–H and O–H groups in total. The number of hydrogen-bond acceptors (Lipinski definition) is 1. The predicted molar refractivity (Wildman–Crippen MR) is 42.7 cm³/mol. The number of hydrogen-bond donors (Lipinski definition) is 0. The fourth-order valence-electron chi connectivity index (χ4n) is 1.61. The van der Waals surface area contributed by atoms with Crippen LogP contribution in [0.1, 0.15) is 33.1 Å². The largest absolute Gasteiger partial charge is 0.495 e. The highest BCUT2D eigenvalue weighted by atomic mass is 16.5. The Morgan fingerprint density at radius 3 is 2.60 bits per heavy atom. The molecule has 1 saturated heterocycles. The summed E-state index contributed by atoms with van der Waals surface area (Å²) < 4.78 is 5.52. The Morgan fingerprint density at radius 1 is 1.50 bits per heavy atom. The molecule has 1 aliphatic heterocycles. The van der Waals surface area contributed by atoms with Crippen molar-refractivity contribution in [1.29, 1.82) is 0 Å². The zero-order valence-electron chi connectivity index (χ0n) is 6.89. The molecule has 1 fully saturated rings. The summed E-state index contributed by atoms with van der Waals surface area (Å²) in [5.41, 5.74) is 0. The van der Waals surface area contributed by atoms with Crippen LogP contribution in [0.3, 0.4) is 0 Å². The van der Waals surface area contributed by atoms with Gasteiger partial charge in [-0.15, -0.1) is 0 Å². The third kappa shape index (κ3) is 1.34. The van der Waals surface area contributed by atoms with E-state index in [9.17, 15) is 0 Å². The van der Waals surface area contributed by atoms with E-state index in [1.54, 1.807) is 0 Å². The van der Waals surface area contributed by atoms with Gasteiger partial charge < -0.3 is 4.74 Å². The number of allylic oxidation sites excluding steroid dienone is 1. The molecule has 1 heterocycles. The molecule has 0 radical (unpaired) electrons. The van der Waals surface area contributed by atoms with E-state index in [1.165, 1.54) is 6.42 Å². The molecule has 0 saturated carbocycles. The van der Waals surface area contributed by atoms with Crippen LogP contribution in [0.4, 0.5) is 0 Å². The van der Waals surface area contributed by atoms with Gasteiger partial charge in [-0.3, -0.25) is 0 Å². The molecule has 0 aromatic carbocycles. The molecule has 0 aromatic rings. The van der Waals surface area contributed by atoms with Gasteiger partial charge in [0.2, 0.25) is 0 Å². The minimum atomic E-state index is 0.456. The molecular formula is C9H16O. The average Bonchev–Trinajstić information content (AvgIpc) is 2.30. The summed E-state index contributed by atoms with van der Waals surface area (Å²) in [6, 6.07) is 0. The topological polar surface area (TPSA) is 9.23 Å². The van der Waals surface area contributed by atoms with Gasteiger partial charge in [0, 0.05) is 12.3 Å².